The number of ether oxygens (including phenoxy) is 2. The van der Waals surface area contributed by atoms with Gasteiger partial charge in [0.15, 0.2) is 16.9 Å². The number of hydrogen-bond acceptors (Lipinski definition) is 6. The monoisotopic (exact) mass is 510 g/mol. The van der Waals surface area contributed by atoms with Gasteiger partial charge in [0.2, 0.25) is 11.1 Å². The number of aromatic nitrogens is 2. The van der Waals surface area contributed by atoms with Gasteiger partial charge < -0.3 is 13.9 Å². The van der Waals surface area contributed by atoms with Gasteiger partial charge in [0, 0.05) is 12.1 Å². The molecule has 7 heteroatoms. The van der Waals surface area contributed by atoms with E-state index < -0.39 is 5.56 Å². The quantitative estimate of drug-likeness (QED) is 0.272. The van der Waals surface area contributed by atoms with E-state index in [0.29, 0.717) is 41.3 Å². The van der Waals surface area contributed by atoms with E-state index in [0.717, 1.165) is 11.1 Å². The Balaban J connectivity index is 1.68. The molecule has 194 valence electrons. The first-order valence-electron chi connectivity index (χ1n) is 12.5. The summed E-state index contributed by atoms with van der Waals surface area (Å²) in [5.41, 5.74) is 2.49. The Morgan fingerprint density at radius 1 is 0.895 bits per heavy atom. The van der Waals surface area contributed by atoms with Crippen LogP contribution < -0.4 is 20.5 Å². The van der Waals surface area contributed by atoms with Crippen LogP contribution in [-0.2, 0) is 18.4 Å². The van der Waals surface area contributed by atoms with Gasteiger partial charge in [0.05, 0.1) is 19.6 Å². The zero-order valence-electron chi connectivity index (χ0n) is 22.2. The molecule has 0 saturated carbocycles. The molecule has 0 aliphatic rings. The Hall–Kier alpha value is -4.39. The molecule has 2 heterocycles. The fourth-order valence-electron chi connectivity index (χ4n) is 4.61. The van der Waals surface area contributed by atoms with Crippen molar-refractivity contribution in [1.29, 1.82) is 0 Å². The molecule has 0 fully saturated rings. The Labute approximate surface area is 220 Å². The fourth-order valence-corrected chi connectivity index (χ4v) is 4.61. The van der Waals surface area contributed by atoms with E-state index in [1.807, 2.05) is 42.5 Å². The molecule has 0 bridgehead atoms. The summed E-state index contributed by atoms with van der Waals surface area (Å²) in [4.78, 5) is 32.0. The third kappa shape index (κ3) is 4.56. The minimum absolute atomic E-state index is 0.0197. The number of fused-ring (bicyclic) bond motifs is 2. The van der Waals surface area contributed by atoms with Gasteiger partial charge in [0.25, 0.3) is 5.56 Å². The Morgan fingerprint density at radius 2 is 1.61 bits per heavy atom. The molecular formula is C31H30N2O5. The number of hydrogen-bond donors (Lipinski definition) is 0. The Kier molecular flexibility index (Phi) is 6.53. The highest BCUT2D eigenvalue weighted by Gasteiger charge is 2.20. The SMILES string of the molecule is COc1ccc(CCn2c(-c3ccc(C(C)(C)C)cc3)nc3oc4ccccc4c(=O)c3c2=O)cc1OC. The van der Waals surface area contributed by atoms with Crippen LogP contribution in [0.5, 0.6) is 11.5 Å². The molecular weight excluding hydrogens is 480 g/mol. The highest BCUT2D eigenvalue weighted by molar-refractivity contribution is 5.88. The van der Waals surface area contributed by atoms with Gasteiger partial charge in [0.1, 0.15) is 11.4 Å². The van der Waals surface area contributed by atoms with Crippen molar-refractivity contribution < 1.29 is 13.9 Å². The number of nitrogens with zero attached hydrogens (tertiary/aromatic N) is 2. The third-order valence-electron chi connectivity index (χ3n) is 6.78. The van der Waals surface area contributed by atoms with Crippen LogP contribution in [-0.4, -0.2) is 23.8 Å². The lowest BCUT2D eigenvalue weighted by molar-refractivity contribution is 0.354. The van der Waals surface area contributed by atoms with Crippen molar-refractivity contribution in [1.82, 2.24) is 9.55 Å². The zero-order valence-corrected chi connectivity index (χ0v) is 22.2. The largest absolute Gasteiger partial charge is 0.493 e. The third-order valence-corrected chi connectivity index (χ3v) is 6.78. The van der Waals surface area contributed by atoms with E-state index in [-0.39, 0.29) is 21.9 Å². The van der Waals surface area contributed by atoms with Gasteiger partial charge in [-0.05, 0) is 47.2 Å². The van der Waals surface area contributed by atoms with Crippen molar-refractivity contribution in [3.05, 3.63) is 98.4 Å². The molecule has 5 rings (SSSR count). The van der Waals surface area contributed by atoms with Crippen LogP contribution in [0.1, 0.15) is 31.9 Å². The van der Waals surface area contributed by atoms with Gasteiger partial charge >= 0.3 is 0 Å². The van der Waals surface area contributed by atoms with Crippen LogP contribution in [0.25, 0.3) is 33.5 Å². The molecule has 0 atom stereocenters. The number of rotatable bonds is 6. The molecule has 0 N–H and O–H groups in total. The second kappa shape index (κ2) is 9.82. The standard InChI is InChI=1S/C31H30N2O5/c1-31(2,3)21-13-11-20(12-14-21)28-32-29-26(27(34)22-8-6-7-9-23(22)38-29)30(35)33(28)17-16-19-10-15-24(36-4)25(18-19)37-5/h6-15,18H,16-17H2,1-5H3. The predicted octanol–water partition coefficient (Wildman–Crippen LogP) is 5.73. The van der Waals surface area contributed by atoms with Gasteiger partial charge in [-0.25, -0.2) is 0 Å². The van der Waals surface area contributed by atoms with E-state index in [1.54, 1.807) is 43.1 Å². The molecule has 2 aromatic heterocycles. The molecule has 3 aromatic carbocycles. The normalized spacial score (nSPS) is 11.7. The summed E-state index contributed by atoms with van der Waals surface area (Å²) in [5.74, 6) is 1.69. The van der Waals surface area contributed by atoms with Crippen molar-refractivity contribution in [2.45, 2.75) is 39.2 Å². The topological polar surface area (TPSA) is 83.6 Å². The molecule has 0 aliphatic carbocycles. The summed E-state index contributed by atoms with van der Waals surface area (Å²) in [6.07, 6.45) is 0.513. The van der Waals surface area contributed by atoms with E-state index in [2.05, 4.69) is 20.8 Å². The smallest absolute Gasteiger partial charge is 0.269 e. The summed E-state index contributed by atoms with van der Waals surface area (Å²) < 4.78 is 18.3. The average molecular weight is 511 g/mol. The average Bonchev–Trinajstić information content (AvgIpc) is 2.91. The number of benzene rings is 3. The first-order valence-corrected chi connectivity index (χ1v) is 12.5. The van der Waals surface area contributed by atoms with Crippen molar-refractivity contribution in [2.24, 2.45) is 0 Å². The van der Waals surface area contributed by atoms with Gasteiger partial charge in [-0.2, -0.15) is 4.98 Å². The van der Waals surface area contributed by atoms with Crippen LogP contribution in [0.3, 0.4) is 0 Å². The van der Waals surface area contributed by atoms with Gasteiger partial charge in [-0.3, -0.25) is 14.2 Å². The second-order valence-electron chi connectivity index (χ2n) is 10.3. The van der Waals surface area contributed by atoms with Crippen molar-refractivity contribution in [3.8, 4) is 22.9 Å². The lowest BCUT2D eigenvalue weighted by atomic mass is 9.86. The number of para-hydroxylation sites is 1. The Bertz CT molecular complexity index is 1760. The van der Waals surface area contributed by atoms with E-state index >= 15 is 0 Å². The first-order chi connectivity index (χ1) is 18.2. The molecule has 0 radical (unpaired) electrons. The molecule has 7 nitrogen and oxygen atoms in total. The highest BCUT2D eigenvalue weighted by Crippen LogP contribution is 2.29. The van der Waals surface area contributed by atoms with Crippen LogP contribution in [0.4, 0.5) is 0 Å². The van der Waals surface area contributed by atoms with Crippen LogP contribution >= 0.6 is 0 Å². The van der Waals surface area contributed by atoms with Crippen molar-refractivity contribution in [3.63, 3.8) is 0 Å². The lowest BCUT2D eigenvalue weighted by Crippen LogP contribution is -2.28. The first kappa shape index (κ1) is 25.3. The lowest BCUT2D eigenvalue weighted by Gasteiger charge is -2.20. The second-order valence-corrected chi connectivity index (χ2v) is 10.3. The summed E-state index contributed by atoms with van der Waals surface area (Å²) in [6.45, 7) is 6.75. The number of methoxy groups -OCH3 is 2. The summed E-state index contributed by atoms with van der Waals surface area (Å²) in [7, 11) is 3.17. The van der Waals surface area contributed by atoms with Crippen molar-refractivity contribution >= 4 is 22.1 Å². The van der Waals surface area contributed by atoms with Crippen molar-refractivity contribution in [2.75, 3.05) is 14.2 Å². The maximum Gasteiger partial charge on any atom is 0.269 e. The molecule has 0 spiro atoms. The molecule has 0 unspecified atom stereocenters. The van der Waals surface area contributed by atoms with Crippen LogP contribution in [0, 0.1) is 0 Å². The minimum atomic E-state index is -0.426. The zero-order chi connectivity index (χ0) is 27.0. The molecule has 0 amide bonds. The van der Waals surface area contributed by atoms with Crippen LogP contribution in [0.2, 0.25) is 0 Å². The van der Waals surface area contributed by atoms with E-state index in [9.17, 15) is 9.59 Å². The summed E-state index contributed by atoms with van der Waals surface area (Å²) >= 11 is 0. The van der Waals surface area contributed by atoms with Crippen LogP contribution in [0.15, 0.2) is 80.7 Å². The Morgan fingerprint density at radius 3 is 2.29 bits per heavy atom. The summed E-state index contributed by atoms with van der Waals surface area (Å²) in [5, 5.41) is 0.304. The molecule has 5 aromatic rings. The maximum atomic E-state index is 13.9. The van der Waals surface area contributed by atoms with E-state index in [4.69, 9.17) is 18.9 Å². The number of aryl methyl sites for hydroxylation is 1. The molecule has 0 saturated heterocycles. The molecule has 0 aliphatic heterocycles. The highest BCUT2D eigenvalue weighted by atomic mass is 16.5. The van der Waals surface area contributed by atoms with E-state index in [1.165, 1.54) is 5.56 Å². The van der Waals surface area contributed by atoms with Gasteiger partial charge in [-0.1, -0.05) is 63.2 Å². The maximum absolute atomic E-state index is 13.9. The fraction of sp³-hybridized carbons (Fsp3) is 0.258. The molecule has 38 heavy (non-hydrogen) atoms. The summed E-state index contributed by atoms with van der Waals surface area (Å²) in [6, 6.07) is 20.6. The minimum Gasteiger partial charge on any atom is -0.493 e. The predicted molar refractivity (Wildman–Crippen MR) is 149 cm³/mol. The van der Waals surface area contributed by atoms with Gasteiger partial charge in [-0.15, -0.1) is 0 Å².